The van der Waals surface area contributed by atoms with Gasteiger partial charge in [-0.15, -0.1) is 0 Å². The van der Waals surface area contributed by atoms with Crippen LogP contribution in [0.25, 0.3) is 28.2 Å². The highest BCUT2D eigenvalue weighted by molar-refractivity contribution is 5.96. The predicted octanol–water partition coefficient (Wildman–Crippen LogP) is 3.84. The molecule has 0 radical (unpaired) electrons. The highest BCUT2D eigenvalue weighted by Crippen LogP contribution is 2.26. The van der Waals surface area contributed by atoms with E-state index < -0.39 is 0 Å². The van der Waals surface area contributed by atoms with Gasteiger partial charge in [-0.05, 0) is 42.8 Å². The summed E-state index contributed by atoms with van der Waals surface area (Å²) in [5.74, 6) is 0.845. The molecule has 0 atom stereocenters. The number of pyridine rings is 1. The third kappa shape index (κ3) is 2.76. The number of hydrogen-bond acceptors (Lipinski definition) is 3. The summed E-state index contributed by atoms with van der Waals surface area (Å²) < 4.78 is 5.17. The van der Waals surface area contributed by atoms with E-state index >= 15 is 0 Å². The number of ether oxygens (including phenoxy) is 1. The van der Waals surface area contributed by atoms with Gasteiger partial charge < -0.3 is 9.72 Å². The fourth-order valence-corrected chi connectivity index (χ4v) is 2.31. The summed E-state index contributed by atoms with van der Waals surface area (Å²) in [5, 5.41) is 0.991. The second kappa shape index (κ2) is 5.85. The molecule has 0 spiro atoms. The van der Waals surface area contributed by atoms with E-state index in [2.05, 4.69) is 16.0 Å². The number of carbonyl (C=O) groups excluding carboxylic acids is 1. The van der Waals surface area contributed by atoms with E-state index in [-0.39, 0.29) is 5.78 Å². The first-order valence-corrected chi connectivity index (χ1v) is 6.97. The van der Waals surface area contributed by atoms with Gasteiger partial charge in [0.15, 0.2) is 5.78 Å². The van der Waals surface area contributed by atoms with E-state index in [1.807, 2.05) is 36.7 Å². The van der Waals surface area contributed by atoms with Crippen molar-refractivity contribution < 1.29 is 9.53 Å². The molecule has 2 aromatic heterocycles. The summed E-state index contributed by atoms with van der Waals surface area (Å²) in [4.78, 5) is 18.7. The molecule has 110 valence electrons. The van der Waals surface area contributed by atoms with E-state index in [4.69, 9.17) is 4.74 Å². The minimum atomic E-state index is 0.0219. The number of allylic oxidation sites excluding steroid dienone is 1. The highest BCUT2D eigenvalue weighted by atomic mass is 16.5. The van der Waals surface area contributed by atoms with Gasteiger partial charge in [-0.1, -0.05) is 12.1 Å². The topological polar surface area (TPSA) is 55.0 Å². The number of nitrogens with one attached hydrogen (secondary N) is 1. The van der Waals surface area contributed by atoms with E-state index in [9.17, 15) is 4.79 Å². The molecule has 2 heterocycles. The molecule has 0 amide bonds. The molecule has 4 nitrogen and oxygen atoms in total. The molecule has 0 bridgehead atoms. The molecular weight excluding hydrogens is 276 g/mol. The minimum Gasteiger partial charge on any atom is -0.497 e. The van der Waals surface area contributed by atoms with Gasteiger partial charge in [0.2, 0.25) is 0 Å². The van der Waals surface area contributed by atoms with E-state index in [0.29, 0.717) is 0 Å². The average Bonchev–Trinajstić information content (AvgIpc) is 2.95. The zero-order valence-corrected chi connectivity index (χ0v) is 12.5. The molecule has 0 fully saturated rings. The normalized spacial score (nSPS) is 11.2. The summed E-state index contributed by atoms with van der Waals surface area (Å²) in [7, 11) is 1.65. The van der Waals surface area contributed by atoms with Crippen molar-refractivity contribution in [1.29, 1.82) is 0 Å². The standard InChI is InChI=1S/C18H16N2O2/c1-12(21)3-4-14-10-19-18-17(14)9-15(11-20-18)13-5-7-16(22-2)8-6-13/h3-11H,1-2H3,(H,19,20)/b4-3+. The molecule has 3 rings (SSSR count). The molecule has 0 aliphatic heterocycles. The molecule has 4 heteroatoms. The summed E-state index contributed by atoms with van der Waals surface area (Å²) in [5.41, 5.74) is 3.85. The van der Waals surface area contributed by atoms with Crippen molar-refractivity contribution in [2.45, 2.75) is 6.92 Å². The zero-order chi connectivity index (χ0) is 15.5. The molecule has 22 heavy (non-hydrogen) atoms. The van der Waals surface area contributed by atoms with Crippen LogP contribution in [-0.4, -0.2) is 22.9 Å². The lowest BCUT2D eigenvalue weighted by atomic mass is 10.1. The first-order valence-electron chi connectivity index (χ1n) is 6.97. The van der Waals surface area contributed by atoms with Crippen molar-refractivity contribution >= 4 is 22.9 Å². The van der Waals surface area contributed by atoms with E-state index in [1.54, 1.807) is 19.3 Å². The van der Waals surface area contributed by atoms with Crippen LogP contribution in [0.5, 0.6) is 5.75 Å². The lowest BCUT2D eigenvalue weighted by Crippen LogP contribution is -1.85. The van der Waals surface area contributed by atoms with Crippen molar-refractivity contribution in [2.75, 3.05) is 7.11 Å². The summed E-state index contributed by atoms with van der Waals surface area (Å²) in [6.07, 6.45) is 7.05. The Morgan fingerprint density at radius 3 is 2.68 bits per heavy atom. The maximum Gasteiger partial charge on any atom is 0.152 e. The number of benzene rings is 1. The van der Waals surface area contributed by atoms with Gasteiger partial charge in [-0.25, -0.2) is 4.98 Å². The lowest BCUT2D eigenvalue weighted by Gasteiger charge is -2.04. The summed E-state index contributed by atoms with van der Waals surface area (Å²) >= 11 is 0. The molecule has 1 N–H and O–H groups in total. The number of hydrogen-bond donors (Lipinski definition) is 1. The number of rotatable bonds is 4. The Bertz CT molecular complexity index is 845. The number of fused-ring (bicyclic) bond motifs is 1. The average molecular weight is 292 g/mol. The number of H-pyrrole nitrogens is 1. The number of nitrogens with zero attached hydrogens (tertiary/aromatic N) is 1. The SMILES string of the molecule is COc1ccc(-c2cnc3[nH]cc(/C=C/C(C)=O)c3c2)cc1. The predicted molar refractivity (Wildman–Crippen MR) is 87.8 cm³/mol. The smallest absolute Gasteiger partial charge is 0.152 e. The van der Waals surface area contributed by atoms with Gasteiger partial charge in [-0.3, -0.25) is 4.79 Å². The van der Waals surface area contributed by atoms with E-state index in [0.717, 1.165) is 33.5 Å². The quantitative estimate of drug-likeness (QED) is 0.743. The van der Waals surface area contributed by atoms with Crippen LogP contribution in [0.1, 0.15) is 12.5 Å². The monoisotopic (exact) mass is 292 g/mol. The Labute approximate surface area is 128 Å². The summed E-state index contributed by atoms with van der Waals surface area (Å²) in [6, 6.07) is 9.92. The first-order chi connectivity index (χ1) is 10.7. The van der Waals surface area contributed by atoms with Crippen LogP contribution in [0, 0.1) is 0 Å². The van der Waals surface area contributed by atoms with Gasteiger partial charge in [0.25, 0.3) is 0 Å². The van der Waals surface area contributed by atoms with Gasteiger partial charge in [0.1, 0.15) is 11.4 Å². The summed E-state index contributed by atoms with van der Waals surface area (Å²) in [6.45, 7) is 1.53. The molecule has 3 aromatic rings. The second-order valence-corrected chi connectivity index (χ2v) is 5.04. The largest absolute Gasteiger partial charge is 0.497 e. The molecular formula is C18H16N2O2. The zero-order valence-electron chi connectivity index (χ0n) is 12.5. The molecule has 0 aliphatic carbocycles. The highest BCUT2D eigenvalue weighted by Gasteiger charge is 2.06. The van der Waals surface area contributed by atoms with Gasteiger partial charge in [0, 0.05) is 28.9 Å². The van der Waals surface area contributed by atoms with Crippen LogP contribution >= 0.6 is 0 Å². The Kier molecular flexibility index (Phi) is 3.74. The Hall–Kier alpha value is -2.88. The van der Waals surface area contributed by atoms with Gasteiger partial charge >= 0.3 is 0 Å². The van der Waals surface area contributed by atoms with Crippen LogP contribution in [0.3, 0.4) is 0 Å². The Morgan fingerprint density at radius 1 is 1.23 bits per heavy atom. The number of aromatic nitrogens is 2. The fourth-order valence-electron chi connectivity index (χ4n) is 2.31. The van der Waals surface area contributed by atoms with Gasteiger partial charge in [0.05, 0.1) is 7.11 Å². The molecule has 0 saturated carbocycles. The van der Waals surface area contributed by atoms with Crippen LogP contribution in [0.4, 0.5) is 0 Å². The first kappa shape index (κ1) is 14.1. The van der Waals surface area contributed by atoms with Crippen LogP contribution in [0.2, 0.25) is 0 Å². The van der Waals surface area contributed by atoms with Crippen LogP contribution in [0.15, 0.2) is 48.8 Å². The number of methoxy groups -OCH3 is 1. The number of carbonyl (C=O) groups is 1. The second-order valence-electron chi connectivity index (χ2n) is 5.04. The Balaban J connectivity index is 2.03. The molecule has 0 aliphatic rings. The number of ketones is 1. The number of aromatic amines is 1. The third-order valence-electron chi connectivity index (χ3n) is 3.48. The minimum absolute atomic E-state index is 0.0219. The van der Waals surface area contributed by atoms with Crippen molar-refractivity contribution in [2.24, 2.45) is 0 Å². The Morgan fingerprint density at radius 2 is 2.00 bits per heavy atom. The molecule has 0 saturated heterocycles. The van der Waals surface area contributed by atoms with Crippen molar-refractivity contribution in [3.05, 3.63) is 54.4 Å². The van der Waals surface area contributed by atoms with Crippen molar-refractivity contribution in [3.63, 3.8) is 0 Å². The maximum absolute atomic E-state index is 11.1. The fraction of sp³-hybridized carbons (Fsp3) is 0.111. The van der Waals surface area contributed by atoms with Crippen LogP contribution < -0.4 is 4.74 Å². The third-order valence-corrected chi connectivity index (χ3v) is 3.48. The van der Waals surface area contributed by atoms with Gasteiger partial charge in [-0.2, -0.15) is 0 Å². The maximum atomic E-state index is 11.1. The van der Waals surface area contributed by atoms with Crippen molar-refractivity contribution in [1.82, 2.24) is 9.97 Å². The van der Waals surface area contributed by atoms with Crippen LogP contribution in [-0.2, 0) is 4.79 Å². The molecule has 1 aromatic carbocycles. The lowest BCUT2D eigenvalue weighted by molar-refractivity contribution is -0.112. The molecule has 0 unspecified atom stereocenters. The van der Waals surface area contributed by atoms with E-state index in [1.165, 1.54) is 6.92 Å². The van der Waals surface area contributed by atoms with Crippen molar-refractivity contribution in [3.8, 4) is 16.9 Å².